The van der Waals surface area contributed by atoms with Crippen molar-refractivity contribution in [3.05, 3.63) is 58.7 Å². The van der Waals surface area contributed by atoms with Gasteiger partial charge in [0.05, 0.1) is 0 Å². The number of nitrogens with one attached hydrogen (secondary N) is 1. The third kappa shape index (κ3) is 2.01. The number of fused-ring (bicyclic) bond motifs is 2. The molecular formula is C19H17NO2. The second-order valence-corrected chi connectivity index (χ2v) is 5.91. The Balaban J connectivity index is 1.82. The molecule has 0 saturated carbocycles. The number of phenols is 1. The van der Waals surface area contributed by atoms with E-state index in [1.165, 1.54) is 12.0 Å². The van der Waals surface area contributed by atoms with Crippen molar-refractivity contribution < 1.29 is 9.90 Å². The summed E-state index contributed by atoms with van der Waals surface area (Å²) in [5.41, 5.74) is 5.35. The van der Waals surface area contributed by atoms with Crippen molar-refractivity contribution in [1.82, 2.24) is 0 Å². The minimum absolute atomic E-state index is 0.113. The third-order valence-electron chi connectivity index (χ3n) is 4.54. The molecular weight excluding hydrogens is 274 g/mol. The van der Waals surface area contributed by atoms with Crippen LogP contribution in [0.15, 0.2) is 36.4 Å². The Morgan fingerprint density at radius 2 is 1.86 bits per heavy atom. The van der Waals surface area contributed by atoms with E-state index in [2.05, 4.69) is 11.4 Å². The van der Waals surface area contributed by atoms with Crippen LogP contribution in [0.2, 0.25) is 0 Å². The van der Waals surface area contributed by atoms with Crippen molar-refractivity contribution in [1.29, 1.82) is 0 Å². The van der Waals surface area contributed by atoms with Gasteiger partial charge in [-0.3, -0.25) is 4.79 Å². The van der Waals surface area contributed by atoms with Gasteiger partial charge in [0.25, 0.3) is 5.91 Å². The Morgan fingerprint density at radius 1 is 1.05 bits per heavy atom. The van der Waals surface area contributed by atoms with E-state index in [0.29, 0.717) is 11.3 Å². The lowest BCUT2D eigenvalue weighted by Crippen LogP contribution is -2.05. The topological polar surface area (TPSA) is 49.3 Å². The van der Waals surface area contributed by atoms with Crippen LogP contribution in [-0.4, -0.2) is 11.0 Å². The van der Waals surface area contributed by atoms with Crippen LogP contribution in [0.25, 0.3) is 11.6 Å². The van der Waals surface area contributed by atoms with Crippen molar-refractivity contribution in [3.8, 4) is 5.75 Å². The molecule has 0 aromatic heterocycles. The zero-order valence-corrected chi connectivity index (χ0v) is 12.2. The SMILES string of the molecule is O=C1Nc2ccccc2/C1=C\c1ccc2c(c1O)CCCC2. The van der Waals surface area contributed by atoms with Crippen molar-refractivity contribution >= 4 is 23.2 Å². The number of aromatic hydroxyl groups is 1. The number of para-hydroxylation sites is 1. The molecule has 2 aromatic carbocycles. The Kier molecular flexibility index (Phi) is 3.00. The van der Waals surface area contributed by atoms with Crippen LogP contribution in [-0.2, 0) is 17.6 Å². The summed E-state index contributed by atoms with van der Waals surface area (Å²) in [5.74, 6) is 0.222. The first kappa shape index (κ1) is 13.1. The fraction of sp³-hybridized carbons (Fsp3) is 0.211. The van der Waals surface area contributed by atoms with Crippen LogP contribution in [0.1, 0.15) is 35.1 Å². The van der Waals surface area contributed by atoms with Crippen LogP contribution >= 0.6 is 0 Å². The summed E-state index contributed by atoms with van der Waals surface area (Å²) < 4.78 is 0. The normalized spacial score (nSPS) is 18.0. The predicted octanol–water partition coefficient (Wildman–Crippen LogP) is 3.76. The maximum atomic E-state index is 12.2. The van der Waals surface area contributed by atoms with Gasteiger partial charge in [-0.2, -0.15) is 0 Å². The van der Waals surface area contributed by atoms with Gasteiger partial charge in [-0.05, 0) is 49.0 Å². The van der Waals surface area contributed by atoms with E-state index >= 15 is 0 Å². The fourth-order valence-electron chi connectivity index (χ4n) is 3.38. The lowest BCUT2D eigenvalue weighted by molar-refractivity contribution is -0.110. The van der Waals surface area contributed by atoms with Gasteiger partial charge in [0.15, 0.2) is 0 Å². The van der Waals surface area contributed by atoms with Gasteiger partial charge in [0.1, 0.15) is 5.75 Å². The molecule has 0 spiro atoms. The van der Waals surface area contributed by atoms with Crippen LogP contribution in [0, 0.1) is 0 Å². The minimum atomic E-state index is -0.113. The monoisotopic (exact) mass is 291 g/mol. The first-order valence-electron chi connectivity index (χ1n) is 7.70. The highest BCUT2D eigenvalue weighted by Gasteiger charge is 2.24. The molecule has 1 amide bonds. The Bertz CT molecular complexity index is 805. The van der Waals surface area contributed by atoms with Crippen LogP contribution in [0.3, 0.4) is 0 Å². The zero-order chi connectivity index (χ0) is 15.1. The smallest absolute Gasteiger partial charge is 0.256 e. The number of aryl methyl sites for hydroxylation is 1. The van der Waals surface area contributed by atoms with Gasteiger partial charge in [-0.25, -0.2) is 0 Å². The maximum Gasteiger partial charge on any atom is 0.256 e. The molecule has 0 unspecified atom stereocenters. The number of hydrogen-bond acceptors (Lipinski definition) is 2. The van der Waals surface area contributed by atoms with Crippen molar-refractivity contribution in [3.63, 3.8) is 0 Å². The first-order valence-corrected chi connectivity index (χ1v) is 7.70. The summed E-state index contributed by atoms with van der Waals surface area (Å²) in [6.07, 6.45) is 6.04. The highest BCUT2D eigenvalue weighted by molar-refractivity contribution is 6.35. The van der Waals surface area contributed by atoms with Gasteiger partial charge < -0.3 is 10.4 Å². The number of amides is 1. The molecule has 1 aliphatic heterocycles. The van der Waals surface area contributed by atoms with Crippen LogP contribution < -0.4 is 5.32 Å². The van der Waals surface area contributed by atoms with Gasteiger partial charge in [0, 0.05) is 22.4 Å². The number of hydrogen-bond donors (Lipinski definition) is 2. The Labute approximate surface area is 129 Å². The van der Waals surface area contributed by atoms with E-state index in [9.17, 15) is 9.90 Å². The van der Waals surface area contributed by atoms with E-state index in [1.54, 1.807) is 6.08 Å². The fourth-order valence-corrected chi connectivity index (χ4v) is 3.38. The highest BCUT2D eigenvalue weighted by Crippen LogP contribution is 2.37. The standard InChI is InChI=1S/C19H17NO2/c21-18-13(10-9-12-5-1-2-6-14(12)18)11-16-15-7-3-4-8-17(15)20-19(16)22/h3-4,7-11,21H,1-2,5-6H2,(H,20,22)/b16-11+. The molecule has 1 aliphatic carbocycles. The molecule has 0 radical (unpaired) electrons. The minimum Gasteiger partial charge on any atom is -0.507 e. The summed E-state index contributed by atoms with van der Waals surface area (Å²) in [5, 5.41) is 13.4. The van der Waals surface area contributed by atoms with E-state index in [0.717, 1.165) is 41.6 Å². The highest BCUT2D eigenvalue weighted by atomic mass is 16.3. The number of rotatable bonds is 1. The summed E-state index contributed by atoms with van der Waals surface area (Å²) in [6, 6.07) is 11.6. The molecule has 2 N–H and O–H groups in total. The third-order valence-corrected chi connectivity index (χ3v) is 4.54. The van der Waals surface area contributed by atoms with Gasteiger partial charge in [-0.1, -0.05) is 30.3 Å². The number of anilines is 1. The second-order valence-electron chi connectivity index (χ2n) is 5.91. The van der Waals surface area contributed by atoms with Crippen molar-refractivity contribution in [2.45, 2.75) is 25.7 Å². The Morgan fingerprint density at radius 3 is 2.77 bits per heavy atom. The van der Waals surface area contributed by atoms with E-state index in [-0.39, 0.29) is 5.91 Å². The summed E-state index contributed by atoms with van der Waals surface area (Å²) in [4.78, 5) is 12.2. The number of carbonyl (C=O) groups is 1. The molecule has 3 nitrogen and oxygen atoms in total. The first-order chi connectivity index (χ1) is 10.7. The molecule has 2 aliphatic rings. The van der Waals surface area contributed by atoms with Crippen LogP contribution in [0.5, 0.6) is 5.75 Å². The van der Waals surface area contributed by atoms with Crippen molar-refractivity contribution in [2.75, 3.05) is 5.32 Å². The number of phenolic OH excluding ortho intramolecular Hbond substituents is 1. The van der Waals surface area contributed by atoms with Gasteiger partial charge >= 0.3 is 0 Å². The predicted molar refractivity (Wildman–Crippen MR) is 87.7 cm³/mol. The molecule has 2 aromatic rings. The van der Waals surface area contributed by atoms with E-state index < -0.39 is 0 Å². The average molecular weight is 291 g/mol. The molecule has 0 saturated heterocycles. The van der Waals surface area contributed by atoms with Gasteiger partial charge in [-0.15, -0.1) is 0 Å². The molecule has 0 fully saturated rings. The zero-order valence-electron chi connectivity index (χ0n) is 12.2. The van der Waals surface area contributed by atoms with Crippen LogP contribution in [0.4, 0.5) is 5.69 Å². The Hall–Kier alpha value is -2.55. The van der Waals surface area contributed by atoms with Crippen molar-refractivity contribution in [2.24, 2.45) is 0 Å². The molecule has 3 heteroatoms. The molecule has 0 bridgehead atoms. The average Bonchev–Trinajstić information content (AvgIpc) is 2.86. The quantitative estimate of drug-likeness (QED) is 0.786. The molecule has 22 heavy (non-hydrogen) atoms. The molecule has 4 rings (SSSR count). The summed E-state index contributed by atoms with van der Waals surface area (Å²) in [7, 11) is 0. The lowest BCUT2D eigenvalue weighted by Gasteiger charge is -2.18. The number of benzene rings is 2. The second kappa shape index (κ2) is 5.02. The lowest BCUT2D eigenvalue weighted by atomic mass is 9.89. The summed E-state index contributed by atoms with van der Waals surface area (Å²) in [6.45, 7) is 0. The molecule has 110 valence electrons. The maximum absolute atomic E-state index is 12.2. The van der Waals surface area contributed by atoms with Gasteiger partial charge in [0.2, 0.25) is 0 Å². The largest absolute Gasteiger partial charge is 0.507 e. The van der Waals surface area contributed by atoms with E-state index in [4.69, 9.17) is 0 Å². The number of carbonyl (C=O) groups excluding carboxylic acids is 1. The summed E-state index contributed by atoms with van der Waals surface area (Å²) >= 11 is 0. The van der Waals surface area contributed by atoms with E-state index in [1.807, 2.05) is 30.3 Å². The molecule has 1 heterocycles. The molecule has 0 atom stereocenters.